The molecule has 0 aliphatic rings. The fourth-order valence-corrected chi connectivity index (χ4v) is 0. The molecule has 0 fully saturated rings. The van der Waals surface area contributed by atoms with Gasteiger partial charge in [0.05, 0.1) is 0 Å². The molecule has 1 nitrogen and oxygen atoms in total. The largest absolute Gasteiger partial charge is 1.00 e. The molecule has 0 rings (SSSR count). The normalized spacial score (nSPS) is 0. The van der Waals surface area contributed by atoms with Gasteiger partial charge in [0.15, 0.2) is 0 Å². The molecule has 0 spiro atoms. The van der Waals surface area contributed by atoms with Crippen molar-refractivity contribution in [2.45, 2.75) is 74.3 Å². The van der Waals surface area contributed by atoms with E-state index < -0.39 is 0 Å². The van der Waals surface area contributed by atoms with Crippen LogP contribution < -0.4 is 57.5 Å². The zero-order valence-corrected chi connectivity index (χ0v) is 29.5. The van der Waals surface area contributed by atoms with Crippen LogP contribution in [0.3, 0.4) is 0 Å². The maximum absolute atomic E-state index is 0. The predicted octanol–water partition coefficient (Wildman–Crippen LogP) is 4.74. The summed E-state index contributed by atoms with van der Waals surface area (Å²) in [4.78, 5) is 0. The van der Waals surface area contributed by atoms with E-state index in [1.807, 2.05) is 0 Å². The zero-order valence-electron chi connectivity index (χ0n) is 9.16. The first kappa shape index (κ1) is 493. The van der Waals surface area contributed by atoms with Crippen LogP contribution in [0.2, 0.25) is 0 Å². The van der Waals surface area contributed by atoms with E-state index in [9.17, 15) is 0 Å². The van der Waals surface area contributed by atoms with E-state index in [4.69, 9.17) is 0 Å². The Morgan fingerprint density at radius 3 is 0.417 bits per heavy atom. The second kappa shape index (κ2) is 447. The summed E-state index contributed by atoms with van der Waals surface area (Å²) >= 11 is 0. The molecule has 3 unspecified atom stereocenters. The molecule has 0 heterocycles. The van der Waals surface area contributed by atoms with Gasteiger partial charge in [-0.25, -0.2) is 0 Å². The van der Waals surface area contributed by atoms with E-state index in [1.165, 1.54) is 0 Å². The van der Waals surface area contributed by atoms with Gasteiger partial charge in [0.25, 0.3) is 0 Å². The minimum absolute atomic E-state index is 0. The summed E-state index contributed by atoms with van der Waals surface area (Å²) in [5.74, 6) is 0. The maximum Gasteiger partial charge on any atom is 1.00 e. The molecule has 24 heavy (non-hydrogen) atoms. The number of hydrogen-bond donors (Lipinski definition) is 1. The van der Waals surface area contributed by atoms with E-state index >= 15 is 0 Å². The second-order valence-corrected chi connectivity index (χ2v) is 0. The van der Waals surface area contributed by atoms with Gasteiger partial charge in [0.1, 0.15) is 0 Å². The first-order chi connectivity index (χ1) is 0. The summed E-state index contributed by atoms with van der Waals surface area (Å²) in [7, 11) is 0. The minimum atomic E-state index is 0. The molecule has 14 heteroatoms. The smallest absolute Gasteiger partial charge is 1.00 e. The van der Waals surface area contributed by atoms with Crippen LogP contribution in [0, 0.1) is 0 Å². The van der Waals surface area contributed by atoms with Crippen molar-refractivity contribution in [3.05, 3.63) is 0 Å². The van der Waals surface area contributed by atoms with Crippen molar-refractivity contribution >= 4 is 83.7 Å². The van der Waals surface area contributed by atoms with Crippen LogP contribution in [0.4, 0.5) is 0 Å². The second-order valence-electron chi connectivity index (χ2n) is 0. The first-order valence-electron chi connectivity index (χ1n) is 0. The van der Waals surface area contributed by atoms with Gasteiger partial charge < -0.3 is 7.58 Å². The van der Waals surface area contributed by atoms with Gasteiger partial charge in [-0.1, -0.05) is 74.3 Å². The molecule has 3 N–H and O–H groups in total. The third kappa shape index (κ3) is 404. The summed E-state index contributed by atoms with van der Waals surface area (Å²) in [6.07, 6.45) is 0. The summed E-state index contributed by atoms with van der Waals surface area (Å²) < 4.78 is 0. The molecule has 0 aromatic heterocycles. The van der Waals surface area contributed by atoms with Crippen molar-refractivity contribution in [1.29, 1.82) is 0 Å². The van der Waals surface area contributed by atoms with Crippen LogP contribution in [0.25, 0.3) is 0 Å². The van der Waals surface area contributed by atoms with Gasteiger partial charge in [-0.3, -0.25) is 0 Å². The Morgan fingerprint density at radius 1 is 0.417 bits per heavy atom. The Bertz CT molecular complexity index is 72.9. The Labute approximate surface area is 322 Å². The molecule has 174 valence electrons. The molecule has 0 saturated heterocycles. The summed E-state index contributed by atoms with van der Waals surface area (Å²) in [6, 6.07) is 0. The number of hydrogen-bond acceptors (Lipinski definition) is 1. The van der Waals surface area contributed by atoms with E-state index in [0.29, 0.717) is 0 Å². The Balaban J connectivity index is 0. The van der Waals surface area contributed by atoms with E-state index in [0.717, 1.165) is 0 Å². The van der Waals surface area contributed by atoms with Gasteiger partial charge in [-0.15, -0.1) is 0 Å². The molecular weight excluding hydrogens is 820 g/mol. The molecule has 0 amide bonds. The van der Waals surface area contributed by atoms with Crippen LogP contribution >= 0.6 is 83.7 Å². The fraction of sp³-hybridized carbons (Fsp3) is 1.00. The predicted molar refractivity (Wildman–Crippen MR) is 153 cm³/mol. The van der Waals surface area contributed by atoms with Crippen molar-refractivity contribution in [2.75, 3.05) is 0 Å². The summed E-state index contributed by atoms with van der Waals surface area (Å²) in [6.45, 7) is 0. The molecule has 0 aliphatic carbocycles. The molecule has 0 saturated carbocycles. The molecule has 0 bridgehead atoms. The standard InChI is InChI=1S/10CH4.K.H3N.3H3P.4H2S.3V.W.Y.2H2.H/h10*1H4;;4*1H3;4*1H2;;;;;;2*1H;/q;;;;;;;;;;+1;;;;;;;;;;;;;;;;-1/i;;;;;;;;;;;;;;;;;;;;;;;;2*1+2;. The summed E-state index contributed by atoms with van der Waals surface area (Å²) in [5.41, 5.74) is 0. The van der Waals surface area contributed by atoms with Gasteiger partial charge in [-0.05, 0) is 0 Å². The average molecular weight is 890 g/mol. The molecule has 0 aromatic carbocycles. The fourth-order valence-electron chi connectivity index (χ4n) is 0. The quantitative estimate of drug-likeness (QED) is 0.277. The third-order valence-corrected chi connectivity index (χ3v) is 0. The van der Waals surface area contributed by atoms with Crippen molar-refractivity contribution in [3.63, 3.8) is 0 Å². The van der Waals surface area contributed by atoms with Crippen molar-refractivity contribution < 1.29 is 165 Å². The Morgan fingerprint density at radius 2 is 0.417 bits per heavy atom. The van der Waals surface area contributed by atoms with E-state index in [2.05, 4.69) is 0 Å². The monoisotopic (exact) mass is 889 g/mol. The average Bonchev–Trinajstić information content (AvgIpc) is 0. The molecule has 0 aromatic rings. The molecule has 3 atom stereocenters. The van der Waals surface area contributed by atoms with Gasteiger partial charge in [0.2, 0.25) is 0 Å². The Kier molecular flexibility index (Phi) is 9200. The van der Waals surface area contributed by atoms with E-state index in [1.54, 1.807) is 0 Å². The molecule has 4 radical (unpaired) electrons. The van der Waals surface area contributed by atoms with Crippen LogP contribution in [-0.4, -0.2) is 0 Å². The van der Waals surface area contributed by atoms with Crippen molar-refractivity contribution in [2.24, 2.45) is 0 Å². The third-order valence-electron chi connectivity index (χ3n) is 0. The SMILES string of the molecule is C.C.C.C.C.C.C.C.C.C.N.P.P.P.S.S.S.S.[3HH].[3HH].[H-].[K+].[V].[V].[V].[W].[Y]. The first-order valence-corrected chi connectivity index (χ1v) is 0. The number of rotatable bonds is 0. The summed E-state index contributed by atoms with van der Waals surface area (Å²) in [5, 5.41) is 0. The van der Waals surface area contributed by atoms with Crippen LogP contribution in [-0.2, 0) is 109 Å². The minimum Gasteiger partial charge on any atom is -1.00 e. The van der Waals surface area contributed by atoms with Gasteiger partial charge in [0, 0.05) is 112 Å². The van der Waals surface area contributed by atoms with E-state index in [-0.39, 0.29) is 329 Å². The van der Waals surface area contributed by atoms with Crippen molar-refractivity contribution in [1.82, 2.24) is 6.15 Å². The van der Waals surface area contributed by atoms with Crippen LogP contribution in [0.1, 0.15) is 78.5 Å². The topological polar surface area (TPSA) is 35.0 Å². The van der Waals surface area contributed by atoms with Crippen LogP contribution in [0.15, 0.2) is 0 Å². The zero-order chi connectivity index (χ0) is 0. The van der Waals surface area contributed by atoms with Crippen molar-refractivity contribution in [3.8, 4) is 0 Å². The van der Waals surface area contributed by atoms with Gasteiger partial charge >= 0.3 is 51.4 Å². The molecular formula is C10H65KNP3S4V3WY. The van der Waals surface area contributed by atoms with Crippen LogP contribution in [0.5, 0.6) is 0 Å². The maximum atomic E-state index is 0. The van der Waals surface area contributed by atoms with Gasteiger partial charge in [-0.2, -0.15) is 83.7 Å². The molecule has 0 aliphatic heterocycles. The Hall–Kier alpha value is 7.83.